The van der Waals surface area contributed by atoms with Gasteiger partial charge in [-0.1, -0.05) is 25.7 Å². The maximum atomic E-state index is 13.2. The Hall–Kier alpha value is -1.98. The van der Waals surface area contributed by atoms with Crippen molar-refractivity contribution < 1.29 is 9.59 Å². The second-order valence-electron chi connectivity index (χ2n) is 8.50. The lowest BCUT2D eigenvalue weighted by atomic mass is 9.92. The molecule has 2 bridgehead atoms. The standard InChI is InChI=1S/C21H30N4O2/c1-14-12-23-19(13-22-14)20(26)24-16-10-17-8-9-18(11-16)25(17)21(27)15-6-4-2-3-5-7-15/h12-13,15-18H,2-11H2,1H3,(H,24,26)/t16?,17-,18+. The van der Waals surface area contributed by atoms with Crippen molar-refractivity contribution in [1.82, 2.24) is 20.2 Å². The van der Waals surface area contributed by atoms with E-state index < -0.39 is 0 Å². The molecule has 6 heteroatoms. The van der Waals surface area contributed by atoms with Crippen molar-refractivity contribution in [2.24, 2.45) is 5.92 Å². The molecule has 3 aliphatic rings. The van der Waals surface area contributed by atoms with Gasteiger partial charge in [-0.15, -0.1) is 0 Å². The number of amides is 2. The van der Waals surface area contributed by atoms with Gasteiger partial charge in [0, 0.05) is 30.2 Å². The monoisotopic (exact) mass is 370 g/mol. The van der Waals surface area contributed by atoms with E-state index in [1.165, 1.54) is 31.9 Å². The molecule has 1 aromatic heterocycles. The fraction of sp³-hybridized carbons (Fsp3) is 0.714. The third-order valence-corrected chi connectivity index (χ3v) is 6.54. The van der Waals surface area contributed by atoms with E-state index in [9.17, 15) is 9.59 Å². The normalized spacial score (nSPS) is 28.6. The highest BCUT2D eigenvalue weighted by Crippen LogP contribution is 2.38. The molecule has 2 saturated heterocycles. The van der Waals surface area contributed by atoms with Gasteiger partial charge in [0.2, 0.25) is 5.91 Å². The van der Waals surface area contributed by atoms with E-state index in [1.807, 2.05) is 6.92 Å². The molecule has 3 heterocycles. The van der Waals surface area contributed by atoms with Crippen LogP contribution >= 0.6 is 0 Å². The highest BCUT2D eigenvalue weighted by molar-refractivity contribution is 5.92. The lowest BCUT2D eigenvalue weighted by Gasteiger charge is -2.40. The Kier molecular flexibility index (Phi) is 5.41. The predicted octanol–water partition coefficient (Wildman–Crippen LogP) is 3.01. The van der Waals surface area contributed by atoms with Crippen LogP contribution in [0.15, 0.2) is 12.4 Å². The summed E-state index contributed by atoms with van der Waals surface area (Å²) in [5, 5.41) is 3.13. The van der Waals surface area contributed by atoms with Crippen molar-refractivity contribution in [3.05, 3.63) is 23.8 Å². The lowest BCUT2D eigenvalue weighted by molar-refractivity contribution is -0.140. The predicted molar refractivity (Wildman–Crippen MR) is 102 cm³/mol. The number of aromatic nitrogens is 2. The first-order valence-corrected chi connectivity index (χ1v) is 10.5. The zero-order valence-corrected chi connectivity index (χ0v) is 16.2. The van der Waals surface area contributed by atoms with Crippen LogP contribution in [0.25, 0.3) is 0 Å². The fourth-order valence-electron chi connectivity index (χ4n) is 5.16. The maximum Gasteiger partial charge on any atom is 0.271 e. The summed E-state index contributed by atoms with van der Waals surface area (Å²) in [6, 6.07) is 0.694. The summed E-state index contributed by atoms with van der Waals surface area (Å²) in [7, 11) is 0. The largest absolute Gasteiger partial charge is 0.348 e. The second-order valence-corrected chi connectivity index (χ2v) is 8.50. The van der Waals surface area contributed by atoms with Crippen LogP contribution < -0.4 is 5.32 Å². The lowest BCUT2D eigenvalue weighted by Crippen LogP contribution is -2.53. The van der Waals surface area contributed by atoms with Gasteiger partial charge in [-0.3, -0.25) is 14.6 Å². The first-order valence-electron chi connectivity index (χ1n) is 10.5. The summed E-state index contributed by atoms with van der Waals surface area (Å²) in [5.41, 5.74) is 1.17. The minimum atomic E-state index is -0.157. The minimum Gasteiger partial charge on any atom is -0.348 e. The Morgan fingerprint density at radius 3 is 2.22 bits per heavy atom. The third kappa shape index (κ3) is 3.99. The van der Waals surface area contributed by atoms with E-state index in [-0.39, 0.29) is 30.0 Å². The van der Waals surface area contributed by atoms with Gasteiger partial charge in [0.15, 0.2) is 0 Å². The molecule has 0 spiro atoms. The van der Waals surface area contributed by atoms with Gasteiger partial charge in [0.1, 0.15) is 5.69 Å². The maximum absolute atomic E-state index is 13.2. The highest BCUT2D eigenvalue weighted by Gasteiger charge is 2.45. The number of carbonyl (C=O) groups excluding carboxylic acids is 2. The summed E-state index contributed by atoms with van der Waals surface area (Å²) in [4.78, 5) is 36.2. The van der Waals surface area contributed by atoms with Crippen LogP contribution in [-0.4, -0.2) is 44.8 Å². The molecular weight excluding hydrogens is 340 g/mol. The smallest absolute Gasteiger partial charge is 0.271 e. The molecule has 6 nitrogen and oxygen atoms in total. The summed E-state index contributed by atoms with van der Waals surface area (Å²) in [6.07, 6.45) is 14.0. The van der Waals surface area contributed by atoms with Crippen LogP contribution in [0, 0.1) is 12.8 Å². The van der Waals surface area contributed by atoms with Gasteiger partial charge in [0.25, 0.3) is 5.91 Å². The topological polar surface area (TPSA) is 75.2 Å². The number of rotatable bonds is 3. The van der Waals surface area contributed by atoms with Crippen molar-refractivity contribution in [1.29, 1.82) is 0 Å². The van der Waals surface area contributed by atoms with Crippen molar-refractivity contribution in [2.45, 2.75) is 89.3 Å². The molecule has 27 heavy (non-hydrogen) atoms. The average Bonchev–Trinajstić information content (AvgIpc) is 2.86. The van der Waals surface area contributed by atoms with Gasteiger partial charge in [0.05, 0.1) is 11.9 Å². The quantitative estimate of drug-likeness (QED) is 0.830. The molecule has 2 aliphatic heterocycles. The van der Waals surface area contributed by atoms with Crippen molar-refractivity contribution in [3.8, 4) is 0 Å². The molecule has 1 saturated carbocycles. The summed E-state index contributed by atoms with van der Waals surface area (Å²) in [5.74, 6) is 0.457. The van der Waals surface area contributed by atoms with Crippen molar-refractivity contribution in [3.63, 3.8) is 0 Å². The Morgan fingerprint density at radius 2 is 1.63 bits per heavy atom. The van der Waals surface area contributed by atoms with Crippen LogP contribution in [0.2, 0.25) is 0 Å². The number of hydrogen-bond donors (Lipinski definition) is 1. The Morgan fingerprint density at radius 1 is 0.963 bits per heavy atom. The molecule has 1 N–H and O–H groups in total. The first kappa shape index (κ1) is 18.4. The van der Waals surface area contributed by atoms with E-state index in [4.69, 9.17) is 0 Å². The Bertz CT molecular complexity index is 668. The molecular formula is C21H30N4O2. The van der Waals surface area contributed by atoms with Crippen LogP contribution in [0.5, 0.6) is 0 Å². The SMILES string of the molecule is Cc1cnc(C(=O)NC2C[C@H]3CC[C@@H](C2)N3C(=O)C2CCCCCC2)cn1. The highest BCUT2D eigenvalue weighted by atomic mass is 16.2. The molecule has 3 atom stereocenters. The molecule has 146 valence electrons. The van der Waals surface area contributed by atoms with E-state index >= 15 is 0 Å². The van der Waals surface area contributed by atoms with Gasteiger partial charge >= 0.3 is 0 Å². The Balaban J connectivity index is 1.37. The van der Waals surface area contributed by atoms with Crippen LogP contribution in [0.3, 0.4) is 0 Å². The van der Waals surface area contributed by atoms with Crippen molar-refractivity contribution >= 4 is 11.8 Å². The number of carbonyl (C=O) groups is 2. The van der Waals surface area contributed by atoms with E-state index in [2.05, 4.69) is 20.2 Å². The Labute approximate surface area is 161 Å². The van der Waals surface area contributed by atoms with E-state index in [0.717, 1.165) is 44.2 Å². The second kappa shape index (κ2) is 7.95. The molecule has 1 unspecified atom stereocenters. The number of hydrogen-bond acceptors (Lipinski definition) is 4. The summed E-state index contributed by atoms with van der Waals surface area (Å²) >= 11 is 0. The number of fused-ring (bicyclic) bond motifs is 2. The summed E-state index contributed by atoms with van der Waals surface area (Å²) < 4.78 is 0. The minimum absolute atomic E-state index is 0.122. The molecule has 0 radical (unpaired) electrons. The third-order valence-electron chi connectivity index (χ3n) is 6.54. The van der Waals surface area contributed by atoms with Crippen LogP contribution in [-0.2, 0) is 4.79 Å². The molecule has 0 aromatic carbocycles. The molecule has 3 fully saturated rings. The van der Waals surface area contributed by atoms with Gasteiger partial charge in [-0.05, 0) is 45.4 Å². The molecule has 4 rings (SSSR count). The number of nitrogens with one attached hydrogen (secondary N) is 1. The fourth-order valence-corrected chi connectivity index (χ4v) is 5.16. The molecule has 2 amide bonds. The van der Waals surface area contributed by atoms with E-state index in [0.29, 0.717) is 11.6 Å². The van der Waals surface area contributed by atoms with Gasteiger partial charge < -0.3 is 10.2 Å². The van der Waals surface area contributed by atoms with Crippen molar-refractivity contribution in [2.75, 3.05) is 0 Å². The first-order chi connectivity index (χ1) is 13.1. The number of piperidine rings is 1. The average molecular weight is 370 g/mol. The van der Waals surface area contributed by atoms with E-state index in [1.54, 1.807) is 6.20 Å². The van der Waals surface area contributed by atoms with Crippen LogP contribution in [0.1, 0.15) is 80.4 Å². The summed E-state index contributed by atoms with van der Waals surface area (Å²) in [6.45, 7) is 1.85. The number of aryl methyl sites for hydroxylation is 1. The number of nitrogens with zero attached hydrogens (tertiary/aromatic N) is 3. The molecule has 1 aliphatic carbocycles. The molecule has 1 aromatic rings. The van der Waals surface area contributed by atoms with Gasteiger partial charge in [-0.25, -0.2) is 4.98 Å². The van der Waals surface area contributed by atoms with Gasteiger partial charge in [-0.2, -0.15) is 0 Å². The van der Waals surface area contributed by atoms with Crippen LogP contribution in [0.4, 0.5) is 0 Å². The zero-order valence-electron chi connectivity index (χ0n) is 16.2. The zero-order chi connectivity index (χ0) is 18.8.